The molecule has 18 atom stereocenters. The van der Waals surface area contributed by atoms with Crippen LogP contribution in [0.25, 0.3) is 0 Å². The lowest BCUT2D eigenvalue weighted by Crippen LogP contribution is -2.69. The van der Waals surface area contributed by atoms with E-state index in [4.69, 9.17) is 28.0 Å². The lowest BCUT2D eigenvalue weighted by Gasteiger charge is -2.49. The third-order valence-corrected chi connectivity index (χ3v) is 12.3. The van der Waals surface area contributed by atoms with Crippen molar-refractivity contribution in [3.8, 4) is 0 Å². The van der Waals surface area contributed by atoms with E-state index in [9.17, 15) is 70.4 Å². The fourth-order valence-electron chi connectivity index (χ4n) is 7.50. The van der Waals surface area contributed by atoms with Crippen LogP contribution in [0.2, 0.25) is 0 Å². The molecule has 22 heteroatoms. The van der Waals surface area contributed by atoms with Crippen LogP contribution in [0.15, 0.2) is 0 Å². The summed E-state index contributed by atoms with van der Waals surface area (Å²) in [5.41, 5.74) is 0. The van der Waals surface area contributed by atoms with Gasteiger partial charge in [-0.3, -0.25) is 13.8 Å². The number of phosphoric acid groups is 1. The molecule has 3 rings (SSSR count). The van der Waals surface area contributed by atoms with Crippen LogP contribution in [0.5, 0.6) is 0 Å². The number of carbonyl (C=O) groups is 1. The predicted molar refractivity (Wildman–Crippen MR) is 208 cm³/mol. The van der Waals surface area contributed by atoms with Crippen molar-refractivity contribution in [3.05, 3.63) is 0 Å². The second-order valence-corrected chi connectivity index (χ2v) is 17.5. The van der Waals surface area contributed by atoms with Crippen LogP contribution in [0.3, 0.4) is 0 Å². The standard InChI is InChI=1S/C38H72NO20P/c1-3-5-6-7-8-9-10-11-12-13-14-15-16-17-24(42)39-21(4-2)20-54-60(52,53)59-36-34(57-37-32(50)27(45)25(43)22(18-40)55-37)30(48)29(47)31(49)35(36)58-38-33(51)28(46)26(44)23(19-41)56-38/h21-23,25-38,40-41,43-51H,3-20H2,1-2H3,(H,39,42)(H,52,53)/t21-,22?,23?,25-,26-,27+,28?,29-,30?,31+,32?,33-,34?,35?,36-,37-,38-/m1/s1. The Bertz CT molecular complexity index is 1200. The van der Waals surface area contributed by atoms with Crippen molar-refractivity contribution >= 4 is 13.7 Å². The van der Waals surface area contributed by atoms with Crippen LogP contribution in [-0.2, 0) is 37.4 Å². The fraction of sp³-hybridized carbons (Fsp3) is 0.974. The smallest absolute Gasteiger partial charge is 0.394 e. The van der Waals surface area contributed by atoms with Gasteiger partial charge in [0.25, 0.3) is 0 Å². The quantitative estimate of drug-likeness (QED) is 0.0324. The number of unbranched alkanes of at least 4 members (excludes halogenated alkanes) is 12. The molecule has 1 aliphatic carbocycles. The molecule has 354 valence electrons. The number of carbonyl (C=O) groups excluding carboxylic acids is 1. The number of nitrogens with one attached hydrogen (secondary N) is 1. The van der Waals surface area contributed by atoms with Crippen molar-refractivity contribution in [2.45, 2.75) is 214 Å². The minimum Gasteiger partial charge on any atom is -0.394 e. The lowest BCUT2D eigenvalue weighted by atomic mass is 9.84. The Hall–Kier alpha value is -1.02. The van der Waals surface area contributed by atoms with Crippen molar-refractivity contribution in [1.29, 1.82) is 0 Å². The summed E-state index contributed by atoms with van der Waals surface area (Å²) < 4.78 is 46.2. The number of amides is 1. The number of hydrogen-bond donors (Lipinski definition) is 13. The Balaban J connectivity index is 1.66. The van der Waals surface area contributed by atoms with Gasteiger partial charge < -0.3 is 85.3 Å². The molecular formula is C38H72NO20P. The SMILES string of the molecule is CCCCCCCCCCCCCCCC(=O)N[C@H](CC)COP(=O)(O)O[C@@H]1C(O[C@H]2OC(CO)[C@@H](O)[C@H](O)C2O)C(O)[C@@H](O)[C@H](O)C1O[C@H]1OC(CO)[C@@H](O)C(O)[C@H]1O. The fourth-order valence-corrected chi connectivity index (χ4v) is 8.48. The van der Waals surface area contributed by atoms with Gasteiger partial charge in [0.1, 0.15) is 85.5 Å². The van der Waals surface area contributed by atoms with Crippen LogP contribution in [-0.4, -0.2) is 191 Å². The van der Waals surface area contributed by atoms with Crippen molar-refractivity contribution in [2.75, 3.05) is 19.8 Å². The molecule has 0 aromatic heterocycles. The molecule has 0 radical (unpaired) electrons. The molecule has 2 aliphatic heterocycles. The molecule has 21 nitrogen and oxygen atoms in total. The summed E-state index contributed by atoms with van der Waals surface area (Å²) in [4.78, 5) is 23.7. The molecule has 3 fully saturated rings. The van der Waals surface area contributed by atoms with E-state index in [1.807, 2.05) is 0 Å². The van der Waals surface area contributed by atoms with E-state index in [0.29, 0.717) is 6.42 Å². The Morgan fingerprint density at radius 3 is 1.38 bits per heavy atom. The summed E-state index contributed by atoms with van der Waals surface area (Å²) in [5, 5.41) is 118. The first-order chi connectivity index (χ1) is 28.5. The van der Waals surface area contributed by atoms with Gasteiger partial charge in [-0.2, -0.15) is 0 Å². The van der Waals surface area contributed by atoms with Crippen LogP contribution in [0.4, 0.5) is 0 Å². The summed E-state index contributed by atoms with van der Waals surface area (Å²) in [6, 6.07) is -0.782. The normalized spacial score (nSPS) is 37.7. The first-order valence-electron chi connectivity index (χ1n) is 21.4. The summed E-state index contributed by atoms with van der Waals surface area (Å²) in [6.45, 7) is 1.53. The van der Waals surface area contributed by atoms with Gasteiger partial charge >= 0.3 is 7.82 Å². The van der Waals surface area contributed by atoms with Crippen molar-refractivity contribution < 1.29 is 98.4 Å². The third-order valence-electron chi connectivity index (χ3n) is 11.4. The largest absolute Gasteiger partial charge is 0.472 e. The summed E-state index contributed by atoms with van der Waals surface area (Å²) >= 11 is 0. The topological polar surface area (TPSA) is 344 Å². The van der Waals surface area contributed by atoms with Gasteiger partial charge in [0.05, 0.1) is 25.9 Å². The molecule has 3 aliphatic rings. The van der Waals surface area contributed by atoms with Crippen molar-refractivity contribution in [3.63, 3.8) is 0 Å². The first-order valence-corrected chi connectivity index (χ1v) is 22.9. The van der Waals surface area contributed by atoms with Gasteiger partial charge in [0.2, 0.25) is 5.91 Å². The first kappa shape index (κ1) is 53.3. The Morgan fingerprint density at radius 1 is 0.583 bits per heavy atom. The lowest BCUT2D eigenvalue weighted by molar-refractivity contribution is -0.360. The highest BCUT2D eigenvalue weighted by molar-refractivity contribution is 7.47. The highest BCUT2D eigenvalue weighted by atomic mass is 31.2. The maximum Gasteiger partial charge on any atom is 0.472 e. The molecule has 1 saturated carbocycles. The number of rotatable bonds is 27. The molecule has 1 amide bonds. The molecule has 13 N–H and O–H groups in total. The molecule has 60 heavy (non-hydrogen) atoms. The van der Waals surface area contributed by atoms with Crippen LogP contribution >= 0.6 is 7.82 Å². The zero-order valence-corrected chi connectivity index (χ0v) is 35.5. The molecule has 0 aromatic rings. The maximum absolute atomic E-state index is 13.6. The average Bonchev–Trinajstić information content (AvgIpc) is 3.22. The van der Waals surface area contributed by atoms with Gasteiger partial charge in [-0.25, -0.2) is 4.57 Å². The Kier molecular flexibility index (Phi) is 23.7. The zero-order valence-electron chi connectivity index (χ0n) is 34.6. The highest BCUT2D eigenvalue weighted by Crippen LogP contribution is 2.48. The van der Waals surface area contributed by atoms with Crippen LogP contribution in [0, 0.1) is 0 Å². The second-order valence-electron chi connectivity index (χ2n) is 16.1. The zero-order chi connectivity index (χ0) is 44.6. The maximum atomic E-state index is 13.6. The van der Waals surface area contributed by atoms with E-state index in [2.05, 4.69) is 12.2 Å². The van der Waals surface area contributed by atoms with Gasteiger partial charge in [-0.05, 0) is 12.8 Å². The number of hydrogen-bond acceptors (Lipinski definition) is 19. The molecule has 0 bridgehead atoms. The predicted octanol–water partition coefficient (Wildman–Crippen LogP) is -1.67. The van der Waals surface area contributed by atoms with Gasteiger partial charge in [-0.1, -0.05) is 90.9 Å². The number of ether oxygens (including phenoxy) is 4. The van der Waals surface area contributed by atoms with E-state index >= 15 is 0 Å². The summed E-state index contributed by atoms with van der Waals surface area (Å²) in [5.74, 6) is -0.310. The van der Waals surface area contributed by atoms with Crippen molar-refractivity contribution in [2.24, 2.45) is 0 Å². The monoisotopic (exact) mass is 893 g/mol. The molecule has 0 spiro atoms. The molecular weight excluding hydrogens is 821 g/mol. The number of phosphoric ester groups is 1. The van der Waals surface area contributed by atoms with E-state index in [-0.39, 0.29) is 18.7 Å². The summed E-state index contributed by atoms with van der Waals surface area (Å²) in [7, 11) is -5.37. The Labute approximate surface area is 351 Å². The average molecular weight is 894 g/mol. The molecule has 2 saturated heterocycles. The summed E-state index contributed by atoms with van der Waals surface area (Å²) in [6.07, 6.45) is -16.8. The van der Waals surface area contributed by atoms with E-state index in [1.54, 1.807) is 6.92 Å². The third kappa shape index (κ3) is 15.6. The number of aliphatic hydroxyl groups excluding tert-OH is 11. The van der Waals surface area contributed by atoms with Gasteiger partial charge in [0, 0.05) is 6.42 Å². The minimum atomic E-state index is -5.37. The van der Waals surface area contributed by atoms with Crippen LogP contribution in [0.1, 0.15) is 110 Å². The molecule has 8 unspecified atom stereocenters. The van der Waals surface area contributed by atoms with E-state index in [1.165, 1.54) is 51.4 Å². The highest BCUT2D eigenvalue weighted by Gasteiger charge is 2.58. The Morgan fingerprint density at radius 2 is 0.983 bits per heavy atom. The van der Waals surface area contributed by atoms with Gasteiger partial charge in [0.15, 0.2) is 12.6 Å². The van der Waals surface area contributed by atoms with E-state index < -0.39 is 132 Å². The van der Waals surface area contributed by atoms with Crippen molar-refractivity contribution in [1.82, 2.24) is 5.32 Å². The second kappa shape index (κ2) is 26.7. The molecule has 2 heterocycles. The van der Waals surface area contributed by atoms with Gasteiger partial charge in [-0.15, -0.1) is 0 Å². The number of aliphatic hydroxyl groups is 11. The minimum absolute atomic E-state index is 0.218. The molecule has 0 aromatic carbocycles. The van der Waals surface area contributed by atoms with Crippen LogP contribution < -0.4 is 5.32 Å². The van der Waals surface area contributed by atoms with E-state index in [0.717, 1.165) is 25.7 Å².